The van der Waals surface area contributed by atoms with Crippen molar-refractivity contribution in [3.63, 3.8) is 0 Å². The first-order valence-corrected chi connectivity index (χ1v) is 9.42. The summed E-state index contributed by atoms with van der Waals surface area (Å²) >= 11 is 2.64. The van der Waals surface area contributed by atoms with Crippen LogP contribution in [0.3, 0.4) is 0 Å². The lowest BCUT2D eigenvalue weighted by atomic mass is 10.1. The first kappa shape index (κ1) is 18.7. The molecule has 0 aliphatic rings. The van der Waals surface area contributed by atoms with Gasteiger partial charge in [-0.2, -0.15) is 13.2 Å². The number of Topliss-reactive ketones (excluding diaryl/α,β-unsaturated/α-hetero) is 1. The van der Waals surface area contributed by atoms with Crippen LogP contribution in [0.1, 0.15) is 27.3 Å². The number of benzene rings is 1. The predicted octanol–water partition coefficient (Wildman–Crippen LogP) is 4.94. The van der Waals surface area contributed by atoms with Crippen molar-refractivity contribution in [2.24, 2.45) is 0 Å². The molecule has 1 aromatic carbocycles. The van der Waals surface area contributed by atoms with Crippen molar-refractivity contribution in [3.05, 3.63) is 58.4 Å². The van der Waals surface area contributed by atoms with Crippen LogP contribution in [-0.2, 0) is 6.18 Å². The standard InChI is InChI=1S/C17H14F3N3OS2/c1-10-6-14(15(24)8-25-16-22-21-9-26-16)11(2)23(10)13-5-3-4-12(7-13)17(18,19)20/h3-7,9H,8H2,1-2H3. The van der Waals surface area contributed by atoms with Gasteiger partial charge in [0.05, 0.1) is 11.3 Å². The van der Waals surface area contributed by atoms with E-state index in [0.717, 1.165) is 12.1 Å². The van der Waals surface area contributed by atoms with Gasteiger partial charge in [-0.3, -0.25) is 4.79 Å². The van der Waals surface area contributed by atoms with Crippen molar-refractivity contribution in [3.8, 4) is 5.69 Å². The molecule has 136 valence electrons. The minimum atomic E-state index is -4.41. The molecule has 26 heavy (non-hydrogen) atoms. The maximum absolute atomic E-state index is 13.0. The smallest absolute Gasteiger partial charge is 0.318 e. The van der Waals surface area contributed by atoms with Crippen molar-refractivity contribution in [1.29, 1.82) is 0 Å². The molecule has 9 heteroatoms. The molecule has 3 aromatic rings. The van der Waals surface area contributed by atoms with E-state index in [1.807, 2.05) is 0 Å². The van der Waals surface area contributed by atoms with E-state index in [4.69, 9.17) is 0 Å². The van der Waals surface area contributed by atoms with E-state index in [1.54, 1.807) is 36.1 Å². The molecule has 4 nitrogen and oxygen atoms in total. The van der Waals surface area contributed by atoms with Crippen LogP contribution in [0.5, 0.6) is 0 Å². The van der Waals surface area contributed by atoms with Gasteiger partial charge in [0.2, 0.25) is 0 Å². The maximum atomic E-state index is 13.0. The second-order valence-corrected chi connectivity index (χ2v) is 7.64. The number of hydrogen-bond acceptors (Lipinski definition) is 5. The second-order valence-electron chi connectivity index (χ2n) is 5.58. The van der Waals surface area contributed by atoms with Gasteiger partial charge in [0.25, 0.3) is 0 Å². The van der Waals surface area contributed by atoms with Crippen LogP contribution >= 0.6 is 23.1 Å². The van der Waals surface area contributed by atoms with Crippen LogP contribution in [-0.4, -0.2) is 26.3 Å². The van der Waals surface area contributed by atoms with E-state index in [9.17, 15) is 18.0 Å². The number of aryl methyl sites for hydroxylation is 1. The summed E-state index contributed by atoms with van der Waals surface area (Å²) in [6.07, 6.45) is -4.41. The predicted molar refractivity (Wildman–Crippen MR) is 95.2 cm³/mol. The molecule has 0 N–H and O–H groups in total. The SMILES string of the molecule is Cc1cc(C(=O)CSc2nncs2)c(C)n1-c1cccc(C(F)(F)F)c1. The first-order chi connectivity index (χ1) is 12.3. The highest BCUT2D eigenvalue weighted by Crippen LogP contribution is 2.31. The third-order valence-corrected chi connectivity index (χ3v) is 5.69. The molecule has 0 bridgehead atoms. The largest absolute Gasteiger partial charge is 0.416 e. The number of alkyl halides is 3. The number of ketones is 1. The van der Waals surface area contributed by atoms with Gasteiger partial charge in [-0.05, 0) is 38.1 Å². The Morgan fingerprint density at radius 1 is 1.27 bits per heavy atom. The van der Waals surface area contributed by atoms with Crippen LogP contribution in [0, 0.1) is 13.8 Å². The van der Waals surface area contributed by atoms with E-state index < -0.39 is 11.7 Å². The third kappa shape index (κ3) is 3.83. The number of halogens is 3. The minimum absolute atomic E-state index is 0.100. The zero-order chi connectivity index (χ0) is 18.9. The van der Waals surface area contributed by atoms with Gasteiger partial charge in [-0.25, -0.2) is 0 Å². The number of hydrogen-bond donors (Lipinski definition) is 0. The Balaban J connectivity index is 1.90. The summed E-state index contributed by atoms with van der Waals surface area (Å²) < 4.78 is 41.3. The van der Waals surface area contributed by atoms with Crippen LogP contribution in [0.15, 0.2) is 40.2 Å². The lowest BCUT2D eigenvalue weighted by Gasteiger charge is -2.13. The lowest BCUT2D eigenvalue weighted by Crippen LogP contribution is -2.08. The molecule has 0 amide bonds. The van der Waals surface area contributed by atoms with Crippen molar-refractivity contribution in [2.75, 3.05) is 5.75 Å². The molecule has 0 unspecified atom stereocenters. The molecule has 0 aliphatic heterocycles. The highest BCUT2D eigenvalue weighted by Gasteiger charge is 2.30. The Morgan fingerprint density at radius 2 is 2.04 bits per heavy atom. The molecular weight excluding hydrogens is 383 g/mol. The van der Waals surface area contributed by atoms with Gasteiger partial charge in [-0.1, -0.05) is 29.2 Å². The fourth-order valence-corrected chi connectivity index (χ4v) is 4.07. The van der Waals surface area contributed by atoms with E-state index in [2.05, 4.69) is 10.2 Å². The fourth-order valence-electron chi connectivity index (χ4n) is 2.69. The number of nitrogens with zero attached hydrogens (tertiary/aromatic N) is 3. The summed E-state index contributed by atoms with van der Waals surface area (Å²) in [7, 11) is 0. The monoisotopic (exact) mass is 397 g/mol. The van der Waals surface area contributed by atoms with E-state index in [1.165, 1.54) is 29.2 Å². The molecule has 0 aliphatic carbocycles. The number of aromatic nitrogens is 3. The molecule has 0 spiro atoms. The summed E-state index contributed by atoms with van der Waals surface area (Å²) in [4.78, 5) is 12.5. The van der Waals surface area contributed by atoms with E-state index >= 15 is 0 Å². The number of rotatable bonds is 5. The van der Waals surface area contributed by atoms with E-state index in [-0.39, 0.29) is 11.5 Å². The van der Waals surface area contributed by atoms with E-state index in [0.29, 0.717) is 27.0 Å². The molecule has 0 saturated carbocycles. The quantitative estimate of drug-likeness (QED) is 0.452. The molecular formula is C17H14F3N3OS2. The van der Waals surface area contributed by atoms with Crippen molar-refractivity contribution >= 4 is 28.9 Å². The summed E-state index contributed by atoms with van der Waals surface area (Å²) in [6, 6.07) is 6.79. The molecule has 0 atom stereocenters. The maximum Gasteiger partial charge on any atom is 0.416 e. The number of carbonyl (C=O) groups excluding carboxylic acids is 1. The normalized spacial score (nSPS) is 11.7. The zero-order valence-corrected chi connectivity index (χ0v) is 15.5. The Morgan fingerprint density at radius 3 is 2.69 bits per heavy atom. The summed E-state index contributed by atoms with van der Waals surface area (Å²) in [5.74, 6) is 0.0961. The van der Waals surface area contributed by atoms with Gasteiger partial charge < -0.3 is 4.57 Å². The van der Waals surface area contributed by atoms with Crippen LogP contribution in [0.4, 0.5) is 13.2 Å². The van der Waals surface area contributed by atoms with Gasteiger partial charge in [0, 0.05) is 22.6 Å². The first-order valence-electron chi connectivity index (χ1n) is 7.56. The van der Waals surface area contributed by atoms with Gasteiger partial charge in [0.1, 0.15) is 5.51 Å². The fraction of sp³-hybridized carbons (Fsp3) is 0.235. The Labute approximate surface area is 156 Å². The third-order valence-electron chi connectivity index (χ3n) is 3.83. The topological polar surface area (TPSA) is 47.8 Å². The minimum Gasteiger partial charge on any atom is -0.318 e. The summed E-state index contributed by atoms with van der Waals surface area (Å²) in [5.41, 5.74) is 3.06. The average molecular weight is 397 g/mol. The molecule has 0 radical (unpaired) electrons. The van der Waals surface area contributed by atoms with Gasteiger partial charge >= 0.3 is 6.18 Å². The van der Waals surface area contributed by atoms with Crippen molar-refractivity contribution in [2.45, 2.75) is 24.4 Å². The molecule has 2 aromatic heterocycles. The Bertz CT molecular complexity index is 933. The Kier molecular flexibility index (Phi) is 5.19. The summed E-state index contributed by atoms with van der Waals surface area (Å²) in [5, 5.41) is 7.59. The number of thioether (sulfide) groups is 1. The van der Waals surface area contributed by atoms with Crippen molar-refractivity contribution < 1.29 is 18.0 Å². The number of carbonyl (C=O) groups is 1. The van der Waals surface area contributed by atoms with Crippen molar-refractivity contribution in [1.82, 2.24) is 14.8 Å². The van der Waals surface area contributed by atoms with Gasteiger partial charge in [0.15, 0.2) is 10.1 Å². The highest BCUT2D eigenvalue weighted by molar-refractivity contribution is 8.01. The average Bonchev–Trinajstić information content (AvgIpc) is 3.20. The van der Waals surface area contributed by atoms with Crippen LogP contribution < -0.4 is 0 Å². The van der Waals surface area contributed by atoms with Crippen LogP contribution in [0.2, 0.25) is 0 Å². The Hall–Kier alpha value is -2.13. The molecule has 0 saturated heterocycles. The molecule has 2 heterocycles. The highest BCUT2D eigenvalue weighted by atomic mass is 32.2. The zero-order valence-electron chi connectivity index (χ0n) is 13.9. The molecule has 3 rings (SSSR count). The molecule has 0 fully saturated rings. The second kappa shape index (κ2) is 7.24. The summed E-state index contributed by atoms with van der Waals surface area (Å²) in [6.45, 7) is 3.50. The lowest BCUT2D eigenvalue weighted by molar-refractivity contribution is -0.137. The van der Waals surface area contributed by atoms with Crippen LogP contribution in [0.25, 0.3) is 5.69 Å². The van der Waals surface area contributed by atoms with Gasteiger partial charge in [-0.15, -0.1) is 10.2 Å².